The lowest BCUT2D eigenvalue weighted by Crippen LogP contribution is -2.01. The molecule has 0 amide bonds. The maximum atomic E-state index is 5.88. The van der Waals surface area contributed by atoms with Gasteiger partial charge in [-0.15, -0.1) is 0 Å². The zero-order valence-electron chi connectivity index (χ0n) is 10.2. The van der Waals surface area contributed by atoms with Crippen molar-refractivity contribution >= 4 is 33.9 Å². The van der Waals surface area contributed by atoms with E-state index in [1.165, 1.54) is 0 Å². The SMILES string of the molecule is Nc1ccc(Nc2ncc3ccccc3n2)c(N)c1. The number of benzene rings is 2. The predicted molar refractivity (Wildman–Crippen MR) is 78.1 cm³/mol. The van der Waals surface area contributed by atoms with Gasteiger partial charge in [0.05, 0.1) is 16.9 Å². The van der Waals surface area contributed by atoms with Crippen LogP contribution in [0.25, 0.3) is 10.9 Å². The van der Waals surface area contributed by atoms with Gasteiger partial charge in [-0.05, 0) is 24.3 Å². The Labute approximate surface area is 110 Å². The second-order valence-electron chi connectivity index (χ2n) is 4.22. The summed E-state index contributed by atoms with van der Waals surface area (Å²) in [4.78, 5) is 8.68. The van der Waals surface area contributed by atoms with Crippen molar-refractivity contribution in [2.75, 3.05) is 16.8 Å². The summed E-state index contributed by atoms with van der Waals surface area (Å²) >= 11 is 0. The van der Waals surface area contributed by atoms with Crippen LogP contribution in [0.15, 0.2) is 48.7 Å². The maximum Gasteiger partial charge on any atom is 0.227 e. The Balaban J connectivity index is 1.96. The van der Waals surface area contributed by atoms with Gasteiger partial charge in [-0.1, -0.05) is 18.2 Å². The van der Waals surface area contributed by atoms with Gasteiger partial charge in [0.15, 0.2) is 0 Å². The molecule has 0 saturated heterocycles. The summed E-state index contributed by atoms with van der Waals surface area (Å²) in [6.45, 7) is 0. The molecule has 3 aromatic rings. The standard InChI is InChI=1S/C14H13N5/c15-10-5-6-13(11(16)7-10)19-14-17-8-9-3-1-2-4-12(9)18-14/h1-8H,15-16H2,(H,17,18,19). The van der Waals surface area contributed by atoms with Crippen LogP contribution in [0.5, 0.6) is 0 Å². The fraction of sp³-hybridized carbons (Fsp3) is 0. The minimum absolute atomic E-state index is 0.509. The van der Waals surface area contributed by atoms with Gasteiger partial charge in [0, 0.05) is 17.3 Å². The van der Waals surface area contributed by atoms with E-state index >= 15 is 0 Å². The van der Waals surface area contributed by atoms with Crippen molar-refractivity contribution < 1.29 is 0 Å². The Morgan fingerprint density at radius 3 is 2.68 bits per heavy atom. The number of para-hydroxylation sites is 1. The fourth-order valence-electron chi connectivity index (χ4n) is 1.85. The minimum atomic E-state index is 0.509. The second-order valence-corrected chi connectivity index (χ2v) is 4.22. The zero-order valence-corrected chi connectivity index (χ0v) is 10.2. The predicted octanol–water partition coefficient (Wildman–Crippen LogP) is 2.54. The number of nitrogens with zero attached hydrogens (tertiary/aromatic N) is 2. The first-order valence-electron chi connectivity index (χ1n) is 5.86. The lowest BCUT2D eigenvalue weighted by Gasteiger charge is -2.08. The summed E-state index contributed by atoms with van der Waals surface area (Å²) in [7, 11) is 0. The van der Waals surface area contributed by atoms with Crippen LogP contribution < -0.4 is 16.8 Å². The van der Waals surface area contributed by atoms with Crippen LogP contribution in [0.1, 0.15) is 0 Å². The number of rotatable bonds is 2. The van der Waals surface area contributed by atoms with Gasteiger partial charge in [-0.2, -0.15) is 0 Å². The molecule has 1 aromatic heterocycles. The second kappa shape index (κ2) is 4.45. The largest absolute Gasteiger partial charge is 0.399 e. The van der Waals surface area contributed by atoms with E-state index in [4.69, 9.17) is 11.5 Å². The Hall–Kier alpha value is -2.82. The van der Waals surface area contributed by atoms with Crippen LogP contribution in [-0.4, -0.2) is 9.97 Å². The van der Waals surface area contributed by atoms with Crippen LogP contribution in [0.3, 0.4) is 0 Å². The van der Waals surface area contributed by atoms with E-state index in [-0.39, 0.29) is 0 Å². The van der Waals surface area contributed by atoms with Crippen molar-refractivity contribution in [1.29, 1.82) is 0 Å². The highest BCUT2D eigenvalue weighted by Crippen LogP contribution is 2.24. The lowest BCUT2D eigenvalue weighted by molar-refractivity contribution is 1.21. The smallest absolute Gasteiger partial charge is 0.227 e. The average molecular weight is 251 g/mol. The van der Waals surface area contributed by atoms with E-state index in [2.05, 4.69) is 15.3 Å². The molecular weight excluding hydrogens is 238 g/mol. The van der Waals surface area contributed by atoms with Gasteiger partial charge < -0.3 is 16.8 Å². The Kier molecular flexibility index (Phi) is 2.64. The molecule has 0 aliphatic heterocycles. The molecule has 5 nitrogen and oxygen atoms in total. The third-order valence-electron chi connectivity index (χ3n) is 2.81. The minimum Gasteiger partial charge on any atom is -0.399 e. The molecule has 5 N–H and O–H groups in total. The molecule has 0 radical (unpaired) electrons. The van der Waals surface area contributed by atoms with Crippen molar-refractivity contribution in [3.63, 3.8) is 0 Å². The molecule has 0 aliphatic carbocycles. The van der Waals surface area contributed by atoms with E-state index in [1.807, 2.05) is 30.3 Å². The monoisotopic (exact) mass is 251 g/mol. The Bertz CT molecular complexity index is 739. The van der Waals surface area contributed by atoms with Crippen molar-refractivity contribution in [2.24, 2.45) is 0 Å². The molecule has 0 saturated carbocycles. The molecule has 0 bridgehead atoms. The Morgan fingerprint density at radius 2 is 1.84 bits per heavy atom. The van der Waals surface area contributed by atoms with Crippen molar-refractivity contribution in [1.82, 2.24) is 9.97 Å². The van der Waals surface area contributed by atoms with Crippen LogP contribution in [0.4, 0.5) is 23.0 Å². The number of nitrogens with two attached hydrogens (primary N) is 2. The zero-order chi connectivity index (χ0) is 13.2. The van der Waals surface area contributed by atoms with Gasteiger partial charge in [0.2, 0.25) is 5.95 Å². The van der Waals surface area contributed by atoms with E-state index in [1.54, 1.807) is 18.3 Å². The molecule has 0 aliphatic rings. The van der Waals surface area contributed by atoms with Gasteiger partial charge in [0.1, 0.15) is 0 Å². The first-order chi connectivity index (χ1) is 9.22. The number of aromatic nitrogens is 2. The van der Waals surface area contributed by atoms with E-state index in [0.717, 1.165) is 16.6 Å². The Morgan fingerprint density at radius 1 is 1.00 bits per heavy atom. The maximum absolute atomic E-state index is 5.88. The van der Waals surface area contributed by atoms with Crippen molar-refractivity contribution in [2.45, 2.75) is 0 Å². The summed E-state index contributed by atoms with van der Waals surface area (Å²) in [5, 5.41) is 4.09. The average Bonchev–Trinajstić information content (AvgIpc) is 2.42. The van der Waals surface area contributed by atoms with Crippen LogP contribution >= 0.6 is 0 Å². The molecule has 0 atom stereocenters. The van der Waals surface area contributed by atoms with E-state index < -0.39 is 0 Å². The van der Waals surface area contributed by atoms with Crippen LogP contribution in [-0.2, 0) is 0 Å². The first kappa shape index (κ1) is 11.3. The highest BCUT2D eigenvalue weighted by molar-refractivity contribution is 5.80. The fourth-order valence-corrected chi connectivity index (χ4v) is 1.85. The summed E-state index contributed by atoms with van der Waals surface area (Å²) in [5.41, 5.74) is 14.4. The molecule has 5 heteroatoms. The summed E-state index contributed by atoms with van der Waals surface area (Å²) in [6.07, 6.45) is 1.78. The van der Waals surface area contributed by atoms with Gasteiger partial charge in [-0.3, -0.25) is 0 Å². The third-order valence-corrected chi connectivity index (χ3v) is 2.81. The molecule has 19 heavy (non-hydrogen) atoms. The molecule has 2 aromatic carbocycles. The topological polar surface area (TPSA) is 89.8 Å². The van der Waals surface area contributed by atoms with Crippen LogP contribution in [0.2, 0.25) is 0 Å². The highest BCUT2D eigenvalue weighted by atomic mass is 15.1. The first-order valence-corrected chi connectivity index (χ1v) is 5.86. The molecule has 94 valence electrons. The summed E-state index contributed by atoms with van der Waals surface area (Å²) in [5.74, 6) is 0.509. The lowest BCUT2D eigenvalue weighted by atomic mass is 10.2. The number of nitrogens with one attached hydrogen (secondary N) is 1. The van der Waals surface area contributed by atoms with E-state index in [0.29, 0.717) is 17.3 Å². The van der Waals surface area contributed by atoms with Gasteiger partial charge >= 0.3 is 0 Å². The molecule has 0 unspecified atom stereocenters. The molecule has 1 heterocycles. The summed E-state index contributed by atoms with van der Waals surface area (Å²) in [6, 6.07) is 13.1. The number of anilines is 4. The molecular formula is C14H13N5. The number of hydrogen-bond donors (Lipinski definition) is 3. The van der Waals surface area contributed by atoms with Gasteiger partial charge in [0.25, 0.3) is 0 Å². The third kappa shape index (κ3) is 2.26. The number of hydrogen-bond acceptors (Lipinski definition) is 5. The number of nitrogen functional groups attached to an aromatic ring is 2. The normalized spacial score (nSPS) is 10.5. The molecule has 3 rings (SSSR count). The van der Waals surface area contributed by atoms with Crippen molar-refractivity contribution in [3.8, 4) is 0 Å². The number of fused-ring (bicyclic) bond motifs is 1. The van der Waals surface area contributed by atoms with Crippen molar-refractivity contribution in [3.05, 3.63) is 48.7 Å². The quantitative estimate of drug-likeness (QED) is 0.609. The van der Waals surface area contributed by atoms with Crippen LogP contribution in [0, 0.1) is 0 Å². The molecule has 0 fully saturated rings. The summed E-state index contributed by atoms with van der Waals surface area (Å²) < 4.78 is 0. The highest BCUT2D eigenvalue weighted by Gasteiger charge is 2.03. The van der Waals surface area contributed by atoms with E-state index in [9.17, 15) is 0 Å². The molecule has 0 spiro atoms. The van der Waals surface area contributed by atoms with Gasteiger partial charge in [-0.25, -0.2) is 9.97 Å².